The maximum absolute atomic E-state index is 6.03. The standard InChI is InChI=1S/C11H20N4O2/c1-15(2)5-3-10-13-11(17-14-10)8-7-16-6-4-9(8)12/h8-9H,3-7,12H2,1-2H3. The molecule has 6 nitrogen and oxygen atoms in total. The van der Waals surface area contributed by atoms with Crippen molar-refractivity contribution >= 4 is 0 Å². The van der Waals surface area contributed by atoms with E-state index in [2.05, 4.69) is 15.0 Å². The molecule has 1 aromatic rings. The summed E-state index contributed by atoms with van der Waals surface area (Å²) in [6.45, 7) is 2.21. The predicted molar refractivity (Wildman–Crippen MR) is 62.7 cm³/mol. The number of rotatable bonds is 4. The second kappa shape index (κ2) is 5.57. The first-order chi connectivity index (χ1) is 8.16. The summed E-state index contributed by atoms with van der Waals surface area (Å²) >= 11 is 0. The van der Waals surface area contributed by atoms with E-state index in [1.807, 2.05) is 14.1 Å². The SMILES string of the molecule is CN(C)CCc1noc(C2COCCC2N)n1. The smallest absolute Gasteiger partial charge is 0.233 e. The van der Waals surface area contributed by atoms with Crippen LogP contribution in [0.3, 0.4) is 0 Å². The van der Waals surface area contributed by atoms with E-state index in [0.717, 1.165) is 31.8 Å². The molecule has 2 unspecified atom stereocenters. The van der Waals surface area contributed by atoms with Gasteiger partial charge in [0.2, 0.25) is 5.89 Å². The van der Waals surface area contributed by atoms with E-state index >= 15 is 0 Å². The quantitative estimate of drug-likeness (QED) is 0.798. The van der Waals surface area contributed by atoms with Gasteiger partial charge in [-0.15, -0.1) is 0 Å². The second-order valence-corrected chi connectivity index (χ2v) is 4.74. The number of aromatic nitrogens is 2. The average Bonchev–Trinajstić information content (AvgIpc) is 2.75. The zero-order valence-electron chi connectivity index (χ0n) is 10.4. The van der Waals surface area contributed by atoms with Gasteiger partial charge in [0.1, 0.15) is 0 Å². The molecule has 2 N–H and O–H groups in total. The third-order valence-corrected chi connectivity index (χ3v) is 2.99. The second-order valence-electron chi connectivity index (χ2n) is 4.74. The molecule has 0 aliphatic carbocycles. The van der Waals surface area contributed by atoms with Gasteiger partial charge in [0.05, 0.1) is 12.5 Å². The number of hydrogen-bond donors (Lipinski definition) is 1. The number of nitrogens with two attached hydrogens (primary N) is 1. The molecule has 2 rings (SSSR count). The molecule has 0 saturated carbocycles. The minimum absolute atomic E-state index is 0.0457. The molecule has 0 aromatic carbocycles. The fourth-order valence-electron chi connectivity index (χ4n) is 1.85. The van der Waals surface area contributed by atoms with Crippen molar-refractivity contribution in [1.82, 2.24) is 15.0 Å². The lowest BCUT2D eigenvalue weighted by molar-refractivity contribution is 0.0590. The molecule has 1 aromatic heterocycles. The fourth-order valence-corrected chi connectivity index (χ4v) is 1.85. The van der Waals surface area contributed by atoms with Crippen LogP contribution in [0.5, 0.6) is 0 Å². The monoisotopic (exact) mass is 240 g/mol. The summed E-state index contributed by atoms with van der Waals surface area (Å²) in [6.07, 6.45) is 1.64. The topological polar surface area (TPSA) is 77.4 Å². The fraction of sp³-hybridized carbons (Fsp3) is 0.818. The third-order valence-electron chi connectivity index (χ3n) is 2.99. The molecule has 0 radical (unpaired) electrons. The summed E-state index contributed by atoms with van der Waals surface area (Å²) in [7, 11) is 4.04. The predicted octanol–water partition coefficient (Wildman–Crippen LogP) is 0.00490. The Morgan fingerprint density at radius 2 is 2.29 bits per heavy atom. The first-order valence-electron chi connectivity index (χ1n) is 5.97. The lowest BCUT2D eigenvalue weighted by Gasteiger charge is -2.25. The number of likely N-dealkylation sites (N-methyl/N-ethyl adjacent to an activating group) is 1. The highest BCUT2D eigenvalue weighted by Crippen LogP contribution is 2.23. The van der Waals surface area contributed by atoms with Crippen molar-refractivity contribution in [3.05, 3.63) is 11.7 Å². The van der Waals surface area contributed by atoms with E-state index in [-0.39, 0.29) is 12.0 Å². The highest BCUT2D eigenvalue weighted by atomic mass is 16.5. The lowest BCUT2D eigenvalue weighted by atomic mass is 9.97. The Labute approximate surface area is 101 Å². The molecule has 0 bridgehead atoms. The van der Waals surface area contributed by atoms with Crippen molar-refractivity contribution in [3.63, 3.8) is 0 Å². The molecule has 2 heterocycles. The highest BCUT2D eigenvalue weighted by molar-refractivity contribution is 5.00. The maximum Gasteiger partial charge on any atom is 0.233 e. The third kappa shape index (κ3) is 3.24. The number of hydrogen-bond acceptors (Lipinski definition) is 6. The molecule has 0 amide bonds. The summed E-state index contributed by atoms with van der Waals surface area (Å²) in [5, 5.41) is 3.97. The summed E-state index contributed by atoms with van der Waals surface area (Å²) in [4.78, 5) is 6.48. The van der Waals surface area contributed by atoms with Crippen LogP contribution >= 0.6 is 0 Å². The molecule has 1 saturated heterocycles. The van der Waals surface area contributed by atoms with Crippen molar-refractivity contribution in [3.8, 4) is 0 Å². The van der Waals surface area contributed by atoms with E-state index in [4.69, 9.17) is 15.0 Å². The molecule has 2 atom stereocenters. The van der Waals surface area contributed by atoms with Gasteiger partial charge in [-0.05, 0) is 20.5 Å². The average molecular weight is 240 g/mol. The summed E-state index contributed by atoms with van der Waals surface area (Å²) in [5.41, 5.74) is 6.03. The van der Waals surface area contributed by atoms with Crippen LogP contribution in [0.15, 0.2) is 4.52 Å². The minimum atomic E-state index is 0.0457. The Kier molecular flexibility index (Phi) is 4.09. The van der Waals surface area contributed by atoms with Crippen molar-refractivity contribution in [1.29, 1.82) is 0 Å². The largest absolute Gasteiger partial charge is 0.381 e. The Morgan fingerprint density at radius 1 is 1.47 bits per heavy atom. The highest BCUT2D eigenvalue weighted by Gasteiger charge is 2.28. The molecular weight excluding hydrogens is 220 g/mol. The minimum Gasteiger partial charge on any atom is -0.381 e. The van der Waals surface area contributed by atoms with E-state index in [1.54, 1.807) is 0 Å². The zero-order valence-corrected chi connectivity index (χ0v) is 10.4. The molecule has 0 spiro atoms. The number of nitrogens with zero attached hydrogens (tertiary/aromatic N) is 3. The van der Waals surface area contributed by atoms with Gasteiger partial charge in [-0.1, -0.05) is 5.16 Å². The molecule has 1 fully saturated rings. The first kappa shape index (κ1) is 12.5. The van der Waals surface area contributed by atoms with E-state index in [0.29, 0.717) is 12.5 Å². The Morgan fingerprint density at radius 3 is 3.00 bits per heavy atom. The maximum atomic E-state index is 6.03. The van der Waals surface area contributed by atoms with Crippen LogP contribution in [0, 0.1) is 0 Å². The van der Waals surface area contributed by atoms with Gasteiger partial charge in [-0.3, -0.25) is 0 Å². The van der Waals surface area contributed by atoms with Gasteiger partial charge in [-0.25, -0.2) is 0 Å². The van der Waals surface area contributed by atoms with Crippen LogP contribution in [-0.4, -0.2) is 54.9 Å². The summed E-state index contributed by atoms with van der Waals surface area (Å²) < 4.78 is 10.7. The van der Waals surface area contributed by atoms with Crippen LogP contribution < -0.4 is 5.73 Å². The molecule has 6 heteroatoms. The number of ether oxygens (including phenoxy) is 1. The van der Waals surface area contributed by atoms with Crippen LogP contribution in [0.1, 0.15) is 24.1 Å². The molecule has 1 aliphatic rings. The van der Waals surface area contributed by atoms with E-state index in [1.165, 1.54) is 0 Å². The lowest BCUT2D eigenvalue weighted by Crippen LogP contribution is -2.37. The van der Waals surface area contributed by atoms with Crippen LogP contribution in [0.2, 0.25) is 0 Å². The molecular formula is C11H20N4O2. The van der Waals surface area contributed by atoms with Crippen molar-refractivity contribution in [2.75, 3.05) is 33.9 Å². The molecule has 96 valence electrons. The van der Waals surface area contributed by atoms with Crippen LogP contribution in [0.4, 0.5) is 0 Å². The zero-order chi connectivity index (χ0) is 12.3. The Hall–Kier alpha value is -0.980. The first-order valence-corrected chi connectivity index (χ1v) is 5.97. The van der Waals surface area contributed by atoms with Gasteiger partial charge >= 0.3 is 0 Å². The van der Waals surface area contributed by atoms with E-state index < -0.39 is 0 Å². The normalized spacial score (nSPS) is 25.4. The van der Waals surface area contributed by atoms with Gasteiger partial charge in [-0.2, -0.15) is 4.98 Å². The summed E-state index contributed by atoms with van der Waals surface area (Å²) in [6, 6.07) is 0.0610. The van der Waals surface area contributed by atoms with Crippen molar-refractivity contribution in [2.24, 2.45) is 5.73 Å². The Balaban J connectivity index is 1.97. The van der Waals surface area contributed by atoms with E-state index in [9.17, 15) is 0 Å². The van der Waals surface area contributed by atoms with Crippen LogP contribution in [0.25, 0.3) is 0 Å². The summed E-state index contributed by atoms with van der Waals surface area (Å²) in [5.74, 6) is 1.40. The van der Waals surface area contributed by atoms with Gasteiger partial charge in [0, 0.05) is 25.6 Å². The Bertz CT molecular complexity index is 353. The molecule has 1 aliphatic heterocycles. The van der Waals surface area contributed by atoms with Crippen molar-refractivity contribution < 1.29 is 9.26 Å². The van der Waals surface area contributed by atoms with Crippen LogP contribution in [-0.2, 0) is 11.2 Å². The van der Waals surface area contributed by atoms with Gasteiger partial charge in [0.15, 0.2) is 5.82 Å². The van der Waals surface area contributed by atoms with Crippen molar-refractivity contribution in [2.45, 2.75) is 24.8 Å². The molecule has 17 heavy (non-hydrogen) atoms. The van der Waals surface area contributed by atoms with Gasteiger partial charge in [0.25, 0.3) is 0 Å². The van der Waals surface area contributed by atoms with Gasteiger partial charge < -0.3 is 19.9 Å².